The van der Waals surface area contributed by atoms with Gasteiger partial charge in [-0.1, -0.05) is 12.2 Å². The number of rotatable bonds is 6. The van der Waals surface area contributed by atoms with E-state index in [1.165, 1.54) is 41.4 Å². The van der Waals surface area contributed by atoms with Crippen LogP contribution < -0.4 is 15.4 Å². The van der Waals surface area contributed by atoms with E-state index in [1.807, 2.05) is 6.92 Å². The third kappa shape index (κ3) is 4.70. The van der Waals surface area contributed by atoms with E-state index >= 15 is 0 Å². The maximum Gasteiger partial charge on any atom is 0.335 e. The van der Waals surface area contributed by atoms with Gasteiger partial charge in [-0.25, -0.2) is 15.0 Å². The van der Waals surface area contributed by atoms with E-state index in [9.17, 15) is 19.5 Å². The zero-order chi connectivity index (χ0) is 25.3. The molecule has 0 saturated carbocycles. The predicted octanol–water partition coefficient (Wildman–Crippen LogP) is 2.64. The molecule has 0 aliphatic carbocycles. The SMILES string of the molecule is CC1=NN(c2ccc(C(=O)O)cc2)C(=O)/C1=C/C=C/C1C(C)NN(c2ccc(C(=O)O)cc2)C1O. The number of aliphatic hydroxyl groups is 1. The molecule has 180 valence electrons. The Balaban J connectivity index is 1.46. The lowest BCUT2D eigenvalue weighted by Crippen LogP contribution is -2.39. The summed E-state index contributed by atoms with van der Waals surface area (Å²) in [6, 6.07) is 11.9. The van der Waals surface area contributed by atoms with Gasteiger partial charge in [-0.2, -0.15) is 10.1 Å². The smallest absolute Gasteiger partial charge is 0.335 e. The second kappa shape index (κ2) is 9.53. The van der Waals surface area contributed by atoms with E-state index in [-0.39, 0.29) is 29.0 Å². The molecule has 2 aromatic carbocycles. The fourth-order valence-electron chi connectivity index (χ4n) is 3.98. The monoisotopic (exact) mass is 476 g/mol. The molecular formula is C25H24N4O6. The molecule has 0 bridgehead atoms. The lowest BCUT2D eigenvalue weighted by Gasteiger charge is -2.23. The Labute approximate surface area is 201 Å². The normalized spacial score (nSPS) is 23.4. The molecule has 0 aromatic heterocycles. The van der Waals surface area contributed by atoms with Crippen molar-refractivity contribution >= 4 is 34.9 Å². The van der Waals surface area contributed by atoms with Crippen molar-refractivity contribution in [2.24, 2.45) is 11.0 Å². The van der Waals surface area contributed by atoms with Gasteiger partial charge < -0.3 is 15.3 Å². The number of hydrogen-bond acceptors (Lipinski definition) is 7. The molecule has 35 heavy (non-hydrogen) atoms. The van der Waals surface area contributed by atoms with Crippen LogP contribution in [0.2, 0.25) is 0 Å². The number of hydrazone groups is 1. The van der Waals surface area contributed by atoms with E-state index < -0.39 is 18.2 Å². The van der Waals surface area contributed by atoms with Crippen LogP contribution >= 0.6 is 0 Å². The number of carbonyl (C=O) groups excluding carboxylic acids is 1. The first-order valence-electron chi connectivity index (χ1n) is 10.9. The number of allylic oxidation sites excluding steroid dienone is 2. The molecule has 3 unspecified atom stereocenters. The number of aliphatic hydroxyl groups excluding tert-OH is 1. The number of carboxylic acid groups (broad SMARTS) is 2. The summed E-state index contributed by atoms with van der Waals surface area (Å²) in [7, 11) is 0. The molecule has 1 fully saturated rings. The highest BCUT2D eigenvalue weighted by molar-refractivity contribution is 6.29. The first kappa shape index (κ1) is 23.9. The Morgan fingerprint density at radius 2 is 1.51 bits per heavy atom. The number of nitrogens with zero attached hydrogens (tertiary/aromatic N) is 3. The zero-order valence-corrected chi connectivity index (χ0v) is 19.0. The lowest BCUT2D eigenvalue weighted by molar-refractivity contribution is -0.114. The maximum atomic E-state index is 12.9. The molecule has 2 aromatic rings. The summed E-state index contributed by atoms with van der Waals surface area (Å²) in [5, 5.41) is 36.0. The van der Waals surface area contributed by atoms with Crippen LogP contribution in [0, 0.1) is 5.92 Å². The summed E-state index contributed by atoms with van der Waals surface area (Å²) in [6.07, 6.45) is 4.22. The van der Waals surface area contributed by atoms with Gasteiger partial charge in [0.05, 0.1) is 33.8 Å². The Morgan fingerprint density at radius 3 is 2.06 bits per heavy atom. The lowest BCUT2D eigenvalue weighted by atomic mass is 10.0. The number of carboxylic acids is 2. The van der Waals surface area contributed by atoms with Gasteiger partial charge in [0.25, 0.3) is 5.91 Å². The first-order chi connectivity index (χ1) is 16.7. The van der Waals surface area contributed by atoms with Gasteiger partial charge in [0.1, 0.15) is 6.23 Å². The van der Waals surface area contributed by atoms with Crippen molar-refractivity contribution < 1.29 is 29.7 Å². The quantitative estimate of drug-likeness (QED) is 0.466. The third-order valence-electron chi connectivity index (χ3n) is 5.94. The highest BCUT2D eigenvalue weighted by Crippen LogP contribution is 2.28. The van der Waals surface area contributed by atoms with Crippen molar-refractivity contribution in [3.05, 3.63) is 83.5 Å². The molecule has 0 radical (unpaired) electrons. The van der Waals surface area contributed by atoms with E-state index in [1.54, 1.807) is 42.3 Å². The number of hydrogen-bond donors (Lipinski definition) is 4. The molecule has 10 heteroatoms. The van der Waals surface area contributed by atoms with E-state index in [0.29, 0.717) is 22.7 Å². The molecule has 2 aliphatic rings. The molecule has 2 heterocycles. The first-order valence-corrected chi connectivity index (χ1v) is 10.9. The molecule has 1 amide bonds. The molecule has 1 saturated heterocycles. The van der Waals surface area contributed by atoms with Crippen molar-refractivity contribution in [1.82, 2.24) is 5.43 Å². The second-order valence-corrected chi connectivity index (χ2v) is 8.25. The standard InChI is InChI=1S/C25H24N4O6/c1-14-20(22(30)28(26-14)18-10-6-16(7-11-18)24(32)33)4-3-5-21-15(2)27-29(23(21)31)19-12-8-17(9-13-19)25(34)35/h3-14,20,22,26,30H,1-2H3,(H,32,33)(H,34,35)/b4-3+,21-5+. The number of anilines is 2. The van der Waals surface area contributed by atoms with E-state index in [4.69, 9.17) is 10.2 Å². The van der Waals surface area contributed by atoms with Gasteiger partial charge in [0.2, 0.25) is 0 Å². The fraction of sp³-hybridized carbons (Fsp3) is 0.200. The van der Waals surface area contributed by atoms with Crippen LogP contribution in [0.5, 0.6) is 0 Å². The van der Waals surface area contributed by atoms with Crippen LogP contribution in [0.3, 0.4) is 0 Å². The Morgan fingerprint density at radius 1 is 0.971 bits per heavy atom. The summed E-state index contributed by atoms with van der Waals surface area (Å²) in [5.74, 6) is -2.72. The van der Waals surface area contributed by atoms with Crippen molar-refractivity contribution in [2.45, 2.75) is 26.1 Å². The van der Waals surface area contributed by atoms with E-state index in [0.717, 1.165) is 0 Å². The maximum absolute atomic E-state index is 12.9. The average molecular weight is 476 g/mol. The Bertz CT molecular complexity index is 1250. The number of nitrogens with one attached hydrogen (secondary N) is 1. The second-order valence-electron chi connectivity index (χ2n) is 8.25. The highest BCUT2D eigenvalue weighted by Gasteiger charge is 2.37. The zero-order valence-electron chi connectivity index (χ0n) is 19.0. The van der Waals surface area contributed by atoms with Crippen LogP contribution in [0.25, 0.3) is 0 Å². The minimum atomic E-state index is -1.05. The van der Waals surface area contributed by atoms with Crippen molar-refractivity contribution in [3.63, 3.8) is 0 Å². The van der Waals surface area contributed by atoms with Crippen molar-refractivity contribution in [2.75, 3.05) is 10.0 Å². The fourth-order valence-corrected chi connectivity index (χ4v) is 3.98. The van der Waals surface area contributed by atoms with Crippen molar-refractivity contribution in [1.29, 1.82) is 0 Å². The Kier molecular flexibility index (Phi) is 6.50. The minimum Gasteiger partial charge on any atom is -0.478 e. The Hall–Kier alpha value is -4.28. The molecular weight excluding hydrogens is 452 g/mol. The summed E-state index contributed by atoms with van der Waals surface area (Å²) in [6.45, 7) is 3.62. The van der Waals surface area contributed by atoms with Gasteiger partial charge in [-0.3, -0.25) is 9.80 Å². The van der Waals surface area contributed by atoms with Crippen LogP contribution in [0.4, 0.5) is 11.4 Å². The van der Waals surface area contributed by atoms with Crippen LogP contribution in [-0.2, 0) is 4.79 Å². The summed E-state index contributed by atoms with van der Waals surface area (Å²) >= 11 is 0. The predicted molar refractivity (Wildman–Crippen MR) is 129 cm³/mol. The van der Waals surface area contributed by atoms with Crippen LogP contribution in [0.1, 0.15) is 34.6 Å². The van der Waals surface area contributed by atoms with E-state index in [2.05, 4.69) is 10.5 Å². The molecule has 4 N–H and O–H groups in total. The van der Waals surface area contributed by atoms with Gasteiger partial charge in [-0.05, 0) is 68.5 Å². The molecule has 3 atom stereocenters. The van der Waals surface area contributed by atoms with Crippen LogP contribution in [-0.4, -0.2) is 51.1 Å². The molecule has 10 nitrogen and oxygen atoms in total. The third-order valence-corrected chi connectivity index (χ3v) is 5.94. The summed E-state index contributed by atoms with van der Waals surface area (Å²) < 4.78 is 0. The van der Waals surface area contributed by atoms with Crippen LogP contribution in [0.15, 0.2) is 77.4 Å². The minimum absolute atomic E-state index is 0.115. The largest absolute Gasteiger partial charge is 0.478 e. The average Bonchev–Trinajstić information content (AvgIpc) is 3.28. The summed E-state index contributed by atoms with van der Waals surface area (Å²) in [4.78, 5) is 35.0. The van der Waals surface area contributed by atoms with Gasteiger partial charge in [0, 0.05) is 12.0 Å². The van der Waals surface area contributed by atoms with Gasteiger partial charge in [-0.15, -0.1) is 0 Å². The number of benzene rings is 2. The van der Waals surface area contributed by atoms with Gasteiger partial charge in [0.15, 0.2) is 0 Å². The number of hydrazine groups is 1. The number of aromatic carboxylic acids is 2. The molecule has 2 aliphatic heterocycles. The van der Waals surface area contributed by atoms with Gasteiger partial charge >= 0.3 is 11.9 Å². The molecule has 4 rings (SSSR count). The van der Waals surface area contributed by atoms with Crippen molar-refractivity contribution in [3.8, 4) is 0 Å². The number of carbonyl (C=O) groups is 3. The topological polar surface area (TPSA) is 143 Å². The molecule has 0 spiro atoms. The summed E-state index contributed by atoms with van der Waals surface area (Å²) in [5.41, 5.74) is 5.44. The number of amides is 1. The highest BCUT2D eigenvalue weighted by atomic mass is 16.4.